The molecule has 0 N–H and O–H groups in total. The van der Waals surface area contributed by atoms with E-state index in [-0.39, 0.29) is 20.1 Å². The van der Waals surface area contributed by atoms with Crippen LogP contribution < -0.4 is 0 Å². The highest BCUT2D eigenvalue weighted by atomic mass is 35.5. The Morgan fingerprint density at radius 2 is 0.929 bits per heavy atom. The Morgan fingerprint density at radius 3 is 1.25 bits per heavy atom. The van der Waals surface area contributed by atoms with Gasteiger partial charge in [0, 0.05) is 11.1 Å². The molecule has 142 valence electrons. The minimum absolute atomic E-state index is 0.157. The standard InChI is InChI=1S/C18H10Cl4N4O2/c19-15-13(9-25-23-7-11-3-1-5-27-11)16(20)18(22)14(17(15)21)10-26-24-8-12-4-2-6-28-12/h1-10H. The Balaban J connectivity index is 1.82. The molecule has 3 rings (SSSR count). The normalized spacial score (nSPS) is 12.4. The topological polar surface area (TPSA) is 75.7 Å². The molecule has 0 aliphatic carbocycles. The molecule has 0 saturated heterocycles. The van der Waals surface area contributed by atoms with Gasteiger partial charge in [-0.05, 0) is 24.3 Å². The zero-order valence-electron chi connectivity index (χ0n) is 13.9. The van der Waals surface area contributed by atoms with Crippen LogP contribution in [0.15, 0.2) is 66.0 Å². The lowest BCUT2D eigenvalue weighted by Crippen LogP contribution is -1.95. The van der Waals surface area contributed by atoms with E-state index in [4.69, 9.17) is 55.2 Å². The summed E-state index contributed by atoms with van der Waals surface area (Å²) in [6.45, 7) is 0. The van der Waals surface area contributed by atoms with Gasteiger partial charge in [-0.1, -0.05) is 46.4 Å². The molecule has 3 aromatic rings. The van der Waals surface area contributed by atoms with Gasteiger partial charge in [0.1, 0.15) is 11.5 Å². The quantitative estimate of drug-likeness (QED) is 0.245. The number of rotatable bonds is 6. The SMILES string of the molecule is Clc1c(Cl)c(C=NN=Cc2ccco2)c(Cl)c(Cl)c1C=NN=Cc1ccco1. The van der Waals surface area contributed by atoms with Crippen LogP contribution in [-0.2, 0) is 0 Å². The molecule has 0 amide bonds. The van der Waals surface area contributed by atoms with Gasteiger partial charge in [-0.3, -0.25) is 0 Å². The van der Waals surface area contributed by atoms with Crippen molar-refractivity contribution < 1.29 is 8.83 Å². The van der Waals surface area contributed by atoms with Crippen molar-refractivity contribution in [2.45, 2.75) is 0 Å². The molecule has 0 unspecified atom stereocenters. The second-order valence-electron chi connectivity index (χ2n) is 5.09. The third-order valence-electron chi connectivity index (χ3n) is 3.29. The molecule has 0 radical (unpaired) electrons. The smallest absolute Gasteiger partial charge is 0.146 e. The highest BCUT2D eigenvalue weighted by molar-refractivity contribution is 6.51. The molecule has 0 aliphatic heterocycles. The average molecular weight is 456 g/mol. The fraction of sp³-hybridized carbons (Fsp3) is 0. The van der Waals surface area contributed by atoms with E-state index in [2.05, 4.69) is 20.4 Å². The van der Waals surface area contributed by atoms with Crippen LogP contribution in [-0.4, -0.2) is 24.9 Å². The van der Waals surface area contributed by atoms with Crippen LogP contribution in [0.2, 0.25) is 20.1 Å². The summed E-state index contributed by atoms with van der Waals surface area (Å²) >= 11 is 25.2. The van der Waals surface area contributed by atoms with Crippen LogP contribution in [0.5, 0.6) is 0 Å². The van der Waals surface area contributed by atoms with Gasteiger partial charge in [0.05, 0.1) is 57.5 Å². The van der Waals surface area contributed by atoms with Gasteiger partial charge in [-0.15, -0.1) is 0 Å². The Kier molecular flexibility index (Phi) is 7.06. The lowest BCUT2D eigenvalue weighted by Gasteiger charge is -2.09. The third kappa shape index (κ3) is 4.91. The first kappa shape index (κ1) is 20.4. The maximum absolute atomic E-state index is 6.30. The number of halogens is 4. The minimum atomic E-state index is 0.157. The fourth-order valence-electron chi connectivity index (χ4n) is 1.98. The second-order valence-corrected chi connectivity index (χ2v) is 6.60. The van der Waals surface area contributed by atoms with E-state index < -0.39 is 0 Å². The van der Waals surface area contributed by atoms with Gasteiger partial charge in [0.25, 0.3) is 0 Å². The van der Waals surface area contributed by atoms with Crippen molar-refractivity contribution in [2.75, 3.05) is 0 Å². The lowest BCUT2D eigenvalue weighted by molar-refractivity contribution is 0.560. The Morgan fingerprint density at radius 1 is 0.571 bits per heavy atom. The Hall–Kier alpha value is -2.38. The highest BCUT2D eigenvalue weighted by Gasteiger charge is 2.18. The zero-order valence-corrected chi connectivity index (χ0v) is 16.9. The van der Waals surface area contributed by atoms with Gasteiger partial charge in [-0.2, -0.15) is 20.4 Å². The summed E-state index contributed by atoms with van der Waals surface area (Å²) in [6, 6.07) is 6.93. The van der Waals surface area contributed by atoms with Crippen molar-refractivity contribution >= 4 is 71.3 Å². The van der Waals surface area contributed by atoms with Crippen LogP contribution in [0.1, 0.15) is 22.6 Å². The molecule has 1 aromatic carbocycles. The maximum Gasteiger partial charge on any atom is 0.146 e. The van der Waals surface area contributed by atoms with Crippen molar-refractivity contribution in [1.29, 1.82) is 0 Å². The van der Waals surface area contributed by atoms with Gasteiger partial charge >= 0.3 is 0 Å². The largest absolute Gasteiger partial charge is 0.463 e. The zero-order chi connectivity index (χ0) is 19.9. The van der Waals surface area contributed by atoms with Gasteiger partial charge in [-0.25, -0.2) is 0 Å². The number of nitrogens with zero attached hydrogens (tertiary/aromatic N) is 4. The molecule has 2 aromatic heterocycles. The molecule has 10 heteroatoms. The molecule has 0 aliphatic rings. The lowest BCUT2D eigenvalue weighted by atomic mass is 10.1. The Labute approximate surface area is 179 Å². The van der Waals surface area contributed by atoms with Gasteiger partial charge in [0.2, 0.25) is 0 Å². The van der Waals surface area contributed by atoms with Crippen molar-refractivity contribution in [1.82, 2.24) is 0 Å². The molecular formula is C18H10Cl4N4O2. The maximum atomic E-state index is 6.30. The van der Waals surface area contributed by atoms with Crippen molar-refractivity contribution in [3.8, 4) is 0 Å². The highest BCUT2D eigenvalue weighted by Crippen LogP contribution is 2.39. The van der Waals surface area contributed by atoms with E-state index in [9.17, 15) is 0 Å². The van der Waals surface area contributed by atoms with E-state index in [0.29, 0.717) is 22.6 Å². The predicted octanol–water partition coefficient (Wildman–Crippen LogP) is 6.39. The van der Waals surface area contributed by atoms with Crippen LogP contribution in [0, 0.1) is 0 Å². The summed E-state index contributed by atoms with van der Waals surface area (Å²) in [5.74, 6) is 1.10. The summed E-state index contributed by atoms with van der Waals surface area (Å²) in [4.78, 5) is 0. The van der Waals surface area contributed by atoms with E-state index in [0.717, 1.165) is 0 Å². The summed E-state index contributed by atoms with van der Waals surface area (Å²) in [7, 11) is 0. The van der Waals surface area contributed by atoms with Crippen molar-refractivity contribution in [3.05, 3.63) is 79.5 Å². The first-order valence-electron chi connectivity index (χ1n) is 7.63. The number of furan rings is 2. The number of hydrogen-bond acceptors (Lipinski definition) is 6. The molecular weight excluding hydrogens is 446 g/mol. The number of benzene rings is 1. The molecule has 0 fully saturated rings. The van der Waals surface area contributed by atoms with Crippen LogP contribution in [0.3, 0.4) is 0 Å². The molecule has 0 bridgehead atoms. The molecule has 0 atom stereocenters. The van der Waals surface area contributed by atoms with Crippen LogP contribution in [0.4, 0.5) is 0 Å². The summed E-state index contributed by atoms with van der Waals surface area (Å²) in [5, 5.41) is 16.1. The fourth-order valence-corrected chi connectivity index (χ4v) is 3.06. The van der Waals surface area contributed by atoms with E-state index in [1.165, 1.54) is 37.4 Å². The first-order chi connectivity index (χ1) is 13.6. The minimum Gasteiger partial charge on any atom is -0.463 e. The number of hydrogen-bond donors (Lipinski definition) is 0. The van der Waals surface area contributed by atoms with Crippen molar-refractivity contribution in [3.63, 3.8) is 0 Å². The van der Waals surface area contributed by atoms with E-state index in [1.54, 1.807) is 24.3 Å². The predicted molar refractivity (Wildman–Crippen MR) is 114 cm³/mol. The van der Waals surface area contributed by atoms with E-state index >= 15 is 0 Å². The van der Waals surface area contributed by atoms with Crippen LogP contribution >= 0.6 is 46.4 Å². The van der Waals surface area contributed by atoms with Gasteiger partial charge in [0.15, 0.2) is 0 Å². The Bertz CT molecular complexity index is 942. The molecule has 6 nitrogen and oxygen atoms in total. The second kappa shape index (κ2) is 9.71. The molecule has 0 spiro atoms. The van der Waals surface area contributed by atoms with E-state index in [1.807, 2.05) is 0 Å². The summed E-state index contributed by atoms with van der Waals surface area (Å²) < 4.78 is 10.2. The summed E-state index contributed by atoms with van der Waals surface area (Å²) in [6.07, 6.45) is 8.60. The van der Waals surface area contributed by atoms with Gasteiger partial charge < -0.3 is 8.83 Å². The van der Waals surface area contributed by atoms with Crippen LogP contribution in [0.25, 0.3) is 0 Å². The first-order valence-corrected chi connectivity index (χ1v) is 9.15. The third-order valence-corrected chi connectivity index (χ3v) is 5.06. The average Bonchev–Trinajstić information content (AvgIpc) is 3.39. The summed E-state index contributed by atoms with van der Waals surface area (Å²) in [5.41, 5.74) is 0.650. The molecule has 28 heavy (non-hydrogen) atoms. The molecule has 2 heterocycles. The van der Waals surface area contributed by atoms with Crippen molar-refractivity contribution in [2.24, 2.45) is 20.4 Å². The monoisotopic (exact) mass is 454 g/mol. The molecule has 0 saturated carbocycles.